The van der Waals surface area contributed by atoms with Gasteiger partial charge in [-0.15, -0.1) is 0 Å². The quantitative estimate of drug-likeness (QED) is 0.402. The second kappa shape index (κ2) is 39.1. The van der Waals surface area contributed by atoms with Gasteiger partial charge in [0.2, 0.25) is 0 Å². The van der Waals surface area contributed by atoms with Crippen molar-refractivity contribution in [3.05, 3.63) is 0 Å². The molecule has 0 aromatic rings. The zero-order valence-electron chi connectivity index (χ0n) is 4.40. The minimum atomic E-state index is 0. The van der Waals surface area contributed by atoms with Gasteiger partial charge in [-0.1, -0.05) is 0 Å². The van der Waals surface area contributed by atoms with Gasteiger partial charge in [0.05, 0.1) is 0 Å². The molecule has 0 spiro atoms. The van der Waals surface area contributed by atoms with Crippen LogP contribution in [0.25, 0.3) is 0 Å². The summed E-state index contributed by atoms with van der Waals surface area (Å²) in [6.07, 6.45) is 0. The van der Waals surface area contributed by atoms with Crippen molar-refractivity contribution in [2.45, 2.75) is 0 Å². The van der Waals surface area contributed by atoms with E-state index < -0.39 is 0 Å². The molecule has 0 aliphatic carbocycles. The van der Waals surface area contributed by atoms with Crippen LogP contribution < -0.4 is 29.6 Å². The SMILES string of the molecule is O.[H-].[Mn].[Na+].[Ni].[SnH2].[Ti]. The van der Waals surface area contributed by atoms with E-state index >= 15 is 0 Å². The predicted octanol–water partition coefficient (Wildman–Crippen LogP) is -4.63. The Hall–Kier alpha value is 3.49. The topological polar surface area (TPSA) is 31.5 Å². The van der Waals surface area contributed by atoms with Crippen molar-refractivity contribution in [1.29, 1.82) is 0 Å². The van der Waals surface area contributed by atoms with Gasteiger partial charge in [0.15, 0.2) is 0 Å². The maximum atomic E-state index is 0. The molecule has 0 atom stereocenters. The molecular weight excluding hydrogens is 319 g/mol. The monoisotopic (exact) mass is 325 g/mol. The van der Waals surface area contributed by atoms with Crippen LogP contribution in [0.15, 0.2) is 0 Å². The van der Waals surface area contributed by atoms with E-state index in [1.165, 1.54) is 0 Å². The molecule has 0 aliphatic heterocycles. The van der Waals surface area contributed by atoms with Gasteiger partial charge in [-0.2, -0.15) is 0 Å². The van der Waals surface area contributed by atoms with E-state index in [1.807, 2.05) is 0 Å². The van der Waals surface area contributed by atoms with Crippen LogP contribution >= 0.6 is 0 Å². The molecule has 6 heteroatoms. The molecule has 37 valence electrons. The summed E-state index contributed by atoms with van der Waals surface area (Å²) in [6.45, 7) is 0. The molecule has 0 saturated carbocycles. The standard InChI is InChI=1S/Mn.Na.Ni.H2O.Sn.Ti.3H/h;;;1H2;;;;;/q;+1;;;;;;;-1. The normalized spacial score (nSPS) is 0. The summed E-state index contributed by atoms with van der Waals surface area (Å²) in [5.41, 5.74) is 0. The summed E-state index contributed by atoms with van der Waals surface area (Å²) in [5, 5.41) is 0. The molecule has 0 aromatic carbocycles. The average Bonchev–Trinajstić information content (AvgIpc) is 0. The zero-order valence-corrected chi connectivity index (χ0v) is 13.2. The molecule has 0 saturated heterocycles. The first-order valence-corrected chi connectivity index (χ1v) is 0. The van der Waals surface area contributed by atoms with E-state index in [2.05, 4.69) is 0 Å². The first kappa shape index (κ1) is 56.2. The van der Waals surface area contributed by atoms with Crippen molar-refractivity contribution in [2.75, 3.05) is 0 Å². The predicted molar refractivity (Wildman–Crippen MR) is 13.3 cm³/mol. The molecule has 1 nitrogen and oxygen atoms in total. The number of rotatable bonds is 0. The minimum absolute atomic E-state index is 0. The van der Waals surface area contributed by atoms with Crippen LogP contribution in [0.2, 0.25) is 0 Å². The van der Waals surface area contributed by atoms with Gasteiger partial charge in [-0.05, 0) is 0 Å². The van der Waals surface area contributed by atoms with Crippen LogP contribution in [0, 0.1) is 0 Å². The van der Waals surface area contributed by atoms with E-state index in [0.29, 0.717) is 0 Å². The fourth-order valence-corrected chi connectivity index (χ4v) is 0. The fourth-order valence-electron chi connectivity index (χ4n) is 0. The second-order valence-corrected chi connectivity index (χ2v) is 0. The fraction of sp³-hybridized carbons (Fsp3) is 0. The summed E-state index contributed by atoms with van der Waals surface area (Å²) >= 11 is 0. The summed E-state index contributed by atoms with van der Waals surface area (Å²) in [5.74, 6) is 0. The molecule has 0 aromatic heterocycles. The molecule has 0 rings (SSSR count). The van der Waals surface area contributed by atoms with E-state index in [4.69, 9.17) is 0 Å². The molecule has 0 aliphatic rings. The van der Waals surface area contributed by atoms with Gasteiger partial charge < -0.3 is 6.90 Å². The molecule has 0 amide bonds. The van der Waals surface area contributed by atoms with E-state index in [9.17, 15) is 0 Å². The average molecular weight is 324 g/mol. The van der Waals surface area contributed by atoms with Crippen LogP contribution in [0.1, 0.15) is 1.43 Å². The maximum absolute atomic E-state index is 0. The first-order valence-electron chi connectivity index (χ1n) is 0. The third-order valence-electron chi connectivity index (χ3n) is 0. The Kier molecular flexibility index (Phi) is 367. The largest absolute Gasteiger partial charge is 0 e. The van der Waals surface area contributed by atoms with Crippen molar-refractivity contribution in [2.24, 2.45) is 0 Å². The van der Waals surface area contributed by atoms with Crippen LogP contribution in [-0.2, 0) is 55.3 Å². The minimum Gasteiger partial charge on any atom is 0 e. The molecule has 0 heterocycles. The Labute approximate surface area is 113 Å². The van der Waals surface area contributed by atoms with Crippen LogP contribution in [0.5, 0.6) is 0 Å². The Morgan fingerprint density at radius 3 is 1.17 bits per heavy atom. The zero-order chi connectivity index (χ0) is 0. The van der Waals surface area contributed by atoms with E-state index in [1.54, 1.807) is 0 Å². The van der Waals surface area contributed by atoms with Crippen molar-refractivity contribution in [3.8, 4) is 0 Å². The molecule has 3 radical (unpaired) electrons. The Balaban J connectivity index is 0. The third kappa shape index (κ3) is 25.9. The molecule has 2 N–H and O–H groups in total. The second-order valence-electron chi connectivity index (χ2n) is 0. The smallest absolute Gasteiger partial charge is 0 e. The van der Waals surface area contributed by atoms with Crippen molar-refractivity contribution >= 4 is 23.9 Å². The van der Waals surface area contributed by atoms with E-state index in [0.717, 1.165) is 0 Å². The Morgan fingerprint density at radius 2 is 1.17 bits per heavy atom. The van der Waals surface area contributed by atoms with Crippen LogP contribution in [0.4, 0.5) is 0 Å². The molecule has 0 fully saturated rings. The van der Waals surface area contributed by atoms with Gasteiger partial charge >= 0.3 is 53.5 Å². The summed E-state index contributed by atoms with van der Waals surface area (Å²) < 4.78 is 0. The molecular formula is H5MnNaNiOSnTi. The summed E-state index contributed by atoms with van der Waals surface area (Å²) in [6, 6.07) is 0. The Morgan fingerprint density at radius 1 is 1.17 bits per heavy atom. The van der Waals surface area contributed by atoms with Crippen molar-refractivity contribution in [1.82, 2.24) is 0 Å². The van der Waals surface area contributed by atoms with Crippen LogP contribution in [0.3, 0.4) is 0 Å². The van der Waals surface area contributed by atoms with Crippen molar-refractivity contribution in [3.63, 3.8) is 0 Å². The van der Waals surface area contributed by atoms with Gasteiger partial charge in [-0.25, -0.2) is 0 Å². The van der Waals surface area contributed by atoms with E-state index in [-0.39, 0.29) is 116 Å². The molecule has 0 bridgehead atoms. The van der Waals surface area contributed by atoms with Gasteiger partial charge in [0.25, 0.3) is 0 Å². The first-order chi connectivity index (χ1) is 0. The van der Waals surface area contributed by atoms with Gasteiger partial charge in [-0.3, -0.25) is 0 Å². The maximum Gasteiger partial charge on any atom is 0 e. The summed E-state index contributed by atoms with van der Waals surface area (Å²) in [7, 11) is 0. The molecule has 6 heavy (non-hydrogen) atoms. The van der Waals surface area contributed by atoms with Crippen LogP contribution in [-0.4, -0.2) is 29.4 Å². The Bertz CT molecular complexity index is 19.7. The number of hydrogen-bond acceptors (Lipinski definition) is 0. The van der Waals surface area contributed by atoms with Gasteiger partial charge in [0.1, 0.15) is 0 Å². The summed E-state index contributed by atoms with van der Waals surface area (Å²) in [4.78, 5) is 0. The molecule has 0 unspecified atom stereocenters. The van der Waals surface area contributed by atoms with Crippen molar-refractivity contribution < 1.29 is 91.7 Å². The number of hydrogen-bond donors (Lipinski definition) is 0. The third-order valence-corrected chi connectivity index (χ3v) is 0. The van der Waals surface area contributed by atoms with Gasteiger partial charge in [0, 0.05) is 55.3 Å².